The van der Waals surface area contributed by atoms with E-state index in [1.54, 1.807) is 32.0 Å². The second-order valence-corrected chi connectivity index (χ2v) is 5.14. The van der Waals surface area contributed by atoms with Crippen LogP contribution in [0.2, 0.25) is 0 Å². The molecule has 0 aliphatic heterocycles. The molecule has 0 saturated carbocycles. The van der Waals surface area contributed by atoms with Crippen LogP contribution in [-0.2, 0) is 6.61 Å². The second kappa shape index (κ2) is 5.93. The molecule has 0 spiro atoms. The SMILES string of the molecule is CC(C)N(CC(F)(F)F)c1ccc(CO)cc1Br. The summed E-state index contributed by atoms with van der Waals surface area (Å²) in [6, 6.07) is 4.55. The fraction of sp³-hybridized carbons (Fsp3) is 0.500. The van der Waals surface area contributed by atoms with Crippen molar-refractivity contribution < 1.29 is 18.3 Å². The molecule has 1 aromatic rings. The van der Waals surface area contributed by atoms with Crippen LogP contribution in [0.1, 0.15) is 19.4 Å². The molecule has 6 heteroatoms. The highest BCUT2D eigenvalue weighted by Crippen LogP contribution is 2.31. The molecular weight excluding hydrogens is 311 g/mol. The summed E-state index contributed by atoms with van der Waals surface area (Å²) in [5.41, 5.74) is 1.13. The van der Waals surface area contributed by atoms with E-state index in [9.17, 15) is 13.2 Å². The van der Waals surface area contributed by atoms with Crippen molar-refractivity contribution >= 4 is 21.6 Å². The molecule has 0 atom stereocenters. The van der Waals surface area contributed by atoms with Crippen molar-refractivity contribution in [1.82, 2.24) is 0 Å². The van der Waals surface area contributed by atoms with Crippen molar-refractivity contribution in [3.05, 3.63) is 28.2 Å². The molecule has 0 fully saturated rings. The summed E-state index contributed by atoms with van der Waals surface area (Å²) in [7, 11) is 0. The van der Waals surface area contributed by atoms with E-state index in [1.165, 1.54) is 4.90 Å². The van der Waals surface area contributed by atoms with Gasteiger partial charge in [-0.05, 0) is 47.5 Å². The molecule has 0 aliphatic carbocycles. The quantitative estimate of drug-likeness (QED) is 0.912. The third-order valence-corrected chi connectivity index (χ3v) is 3.11. The second-order valence-electron chi connectivity index (χ2n) is 4.28. The molecule has 0 aromatic heterocycles. The Morgan fingerprint density at radius 3 is 2.33 bits per heavy atom. The van der Waals surface area contributed by atoms with Crippen molar-refractivity contribution in [2.45, 2.75) is 32.7 Å². The summed E-state index contributed by atoms with van der Waals surface area (Å²) in [6.45, 7) is 2.28. The highest BCUT2D eigenvalue weighted by atomic mass is 79.9. The van der Waals surface area contributed by atoms with Crippen molar-refractivity contribution in [2.75, 3.05) is 11.4 Å². The zero-order valence-corrected chi connectivity index (χ0v) is 11.7. The predicted octanol–water partition coefficient (Wildman–Crippen LogP) is 3.72. The van der Waals surface area contributed by atoms with Gasteiger partial charge in [0.15, 0.2) is 0 Å². The van der Waals surface area contributed by atoms with E-state index < -0.39 is 12.7 Å². The van der Waals surface area contributed by atoms with Crippen molar-refractivity contribution in [3.8, 4) is 0 Å². The van der Waals surface area contributed by atoms with Crippen LogP contribution in [0.3, 0.4) is 0 Å². The van der Waals surface area contributed by atoms with Gasteiger partial charge in [0.1, 0.15) is 6.54 Å². The first-order valence-corrected chi connectivity index (χ1v) is 6.26. The Kier molecular flexibility index (Phi) is 5.04. The molecule has 0 unspecified atom stereocenters. The number of alkyl halides is 3. The van der Waals surface area contributed by atoms with Gasteiger partial charge in [0.25, 0.3) is 0 Å². The van der Waals surface area contributed by atoms with Crippen LogP contribution in [-0.4, -0.2) is 23.9 Å². The maximum atomic E-state index is 12.5. The van der Waals surface area contributed by atoms with E-state index in [1.807, 2.05) is 0 Å². The van der Waals surface area contributed by atoms with Crippen LogP contribution in [0.25, 0.3) is 0 Å². The zero-order valence-electron chi connectivity index (χ0n) is 10.1. The molecule has 0 radical (unpaired) electrons. The Morgan fingerprint density at radius 2 is 1.94 bits per heavy atom. The summed E-state index contributed by atoms with van der Waals surface area (Å²) in [4.78, 5) is 1.27. The lowest BCUT2D eigenvalue weighted by Gasteiger charge is -2.30. The molecule has 0 heterocycles. The van der Waals surface area contributed by atoms with E-state index in [0.717, 1.165) is 0 Å². The first-order chi connectivity index (χ1) is 8.24. The number of hydrogen-bond donors (Lipinski definition) is 1. The van der Waals surface area contributed by atoms with Crippen molar-refractivity contribution in [2.24, 2.45) is 0 Å². The van der Waals surface area contributed by atoms with Gasteiger partial charge in [0, 0.05) is 10.5 Å². The first-order valence-electron chi connectivity index (χ1n) is 5.47. The van der Waals surface area contributed by atoms with Gasteiger partial charge < -0.3 is 10.0 Å². The minimum absolute atomic E-state index is 0.139. The Hall–Kier alpha value is -0.750. The number of aliphatic hydroxyl groups is 1. The third kappa shape index (κ3) is 4.17. The normalized spacial score (nSPS) is 12.0. The van der Waals surface area contributed by atoms with Crippen LogP contribution >= 0.6 is 15.9 Å². The minimum Gasteiger partial charge on any atom is -0.392 e. The largest absolute Gasteiger partial charge is 0.405 e. The monoisotopic (exact) mass is 325 g/mol. The molecule has 0 saturated heterocycles. The number of aliphatic hydroxyl groups excluding tert-OH is 1. The fourth-order valence-corrected chi connectivity index (χ4v) is 2.27. The van der Waals surface area contributed by atoms with Crippen LogP contribution in [0, 0.1) is 0 Å². The van der Waals surface area contributed by atoms with Gasteiger partial charge in [-0.3, -0.25) is 0 Å². The Balaban J connectivity index is 3.06. The average Bonchev–Trinajstić information content (AvgIpc) is 2.24. The van der Waals surface area contributed by atoms with E-state index in [0.29, 0.717) is 15.7 Å². The molecule has 0 aliphatic rings. The van der Waals surface area contributed by atoms with Crippen molar-refractivity contribution in [1.29, 1.82) is 0 Å². The summed E-state index contributed by atoms with van der Waals surface area (Å²) in [5.74, 6) is 0. The lowest BCUT2D eigenvalue weighted by molar-refractivity contribution is -0.120. The van der Waals surface area contributed by atoms with Crippen LogP contribution in [0.5, 0.6) is 0 Å². The summed E-state index contributed by atoms with van der Waals surface area (Å²) in [5, 5.41) is 8.97. The first kappa shape index (κ1) is 15.3. The number of hydrogen-bond acceptors (Lipinski definition) is 2. The van der Waals surface area contributed by atoms with Gasteiger partial charge in [-0.2, -0.15) is 13.2 Å². The molecular formula is C12H15BrF3NO. The molecule has 1 N–H and O–H groups in total. The number of rotatable bonds is 4. The van der Waals surface area contributed by atoms with Crippen LogP contribution in [0.15, 0.2) is 22.7 Å². The van der Waals surface area contributed by atoms with Gasteiger partial charge in [0.2, 0.25) is 0 Å². The van der Waals surface area contributed by atoms with E-state index in [-0.39, 0.29) is 12.6 Å². The standard InChI is InChI=1S/C12H15BrF3NO/c1-8(2)17(7-12(14,15)16)11-4-3-9(6-18)5-10(11)13/h3-5,8,18H,6-7H2,1-2H3. The van der Waals surface area contributed by atoms with Crippen LogP contribution < -0.4 is 4.90 Å². The van der Waals surface area contributed by atoms with E-state index in [2.05, 4.69) is 15.9 Å². The maximum Gasteiger partial charge on any atom is 0.405 e. The Bertz CT molecular complexity index is 407. The third-order valence-electron chi connectivity index (χ3n) is 2.48. The molecule has 18 heavy (non-hydrogen) atoms. The van der Waals surface area contributed by atoms with Gasteiger partial charge >= 0.3 is 6.18 Å². The number of benzene rings is 1. The molecule has 1 rings (SSSR count). The number of halogens is 4. The number of anilines is 1. The molecule has 1 aromatic carbocycles. The van der Waals surface area contributed by atoms with E-state index >= 15 is 0 Å². The number of nitrogens with zero attached hydrogens (tertiary/aromatic N) is 1. The zero-order chi connectivity index (χ0) is 13.9. The molecule has 0 bridgehead atoms. The maximum absolute atomic E-state index is 12.5. The lowest BCUT2D eigenvalue weighted by atomic mass is 10.2. The lowest BCUT2D eigenvalue weighted by Crippen LogP contribution is -2.39. The fourth-order valence-electron chi connectivity index (χ4n) is 1.62. The molecule has 102 valence electrons. The predicted molar refractivity (Wildman–Crippen MR) is 68.6 cm³/mol. The molecule has 0 amide bonds. The Labute approximate surface area is 113 Å². The summed E-state index contributed by atoms with van der Waals surface area (Å²) in [6.07, 6.45) is -4.25. The topological polar surface area (TPSA) is 23.5 Å². The van der Waals surface area contributed by atoms with Gasteiger partial charge in [0.05, 0.1) is 12.3 Å². The summed E-state index contributed by atoms with van der Waals surface area (Å²) >= 11 is 3.24. The highest BCUT2D eigenvalue weighted by molar-refractivity contribution is 9.10. The molecule has 2 nitrogen and oxygen atoms in total. The highest BCUT2D eigenvalue weighted by Gasteiger charge is 2.32. The van der Waals surface area contributed by atoms with Gasteiger partial charge in [-0.25, -0.2) is 0 Å². The smallest absolute Gasteiger partial charge is 0.392 e. The Morgan fingerprint density at radius 1 is 1.33 bits per heavy atom. The summed E-state index contributed by atoms with van der Waals surface area (Å²) < 4.78 is 38.1. The van der Waals surface area contributed by atoms with Crippen LogP contribution in [0.4, 0.5) is 18.9 Å². The van der Waals surface area contributed by atoms with E-state index in [4.69, 9.17) is 5.11 Å². The average molecular weight is 326 g/mol. The van der Waals surface area contributed by atoms with Gasteiger partial charge in [-0.15, -0.1) is 0 Å². The minimum atomic E-state index is -4.25. The van der Waals surface area contributed by atoms with Gasteiger partial charge in [-0.1, -0.05) is 6.07 Å². The van der Waals surface area contributed by atoms with Crippen molar-refractivity contribution in [3.63, 3.8) is 0 Å².